The highest BCUT2D eigenvalue weighted by molar-refractivity contribution is 5.85. The van der Waals surface area contributed by atoms with Crippen LogP contribution in [0.15, 0.2) is 23.0 Å². The Bertz CT molecular complexity index is 764. The second kappa shape index (κ2) is 8.30. The highest BCUT2D eigenvalue weighted by Gasteiger charge is 2.44. The van der Waals surface area contributed by atoms with Gasteiger partial charge in [-0.3, -0.25) is 14.3 Å². The van der Waals surface area contributed by atoms with Crippen LogP contribution in [0, 0.1) is 6.92 Å². The molecule has 10 heteroatoms. The molecular weight excluding hydrogens is 352 g/mol. The molecule has 0 saturated carbocycles. The zero-order valence-electron chi connectivity index (χ0n) is 15.6. The molecule has 1 aliphatic heterocycles. The number of nitrogens with one attached hydrogen (secondary N) is 1. The summed E-state index contributed by atoms with van der Waals surface area (Å²) in [7, 11) is 1.59. The molecular formula is C17H24N6O4. The summed E-state index contributed by atoms with van der Waals surface area (Å²) >= 11 is 0. The lowest BCUT2D eigenvalue weighted by molar-refractivity contribution is -0.140. The summed E-state index contributed by atoms with van der Waals surface area (Å²) in [4.78, 5) is 31.2. The summed E-state index contributed by atoms with van der Waals surface area (Å²) in [6.45, 7) is 3.47. The molecule has 0 aliphatic carbocycles. The fraction of sp³-hybridized carbons (Fsp3) is 0.588. The Hall–Kier alpha value is -2.75. The molecule has 0 spiro atoms. The number of methoxy groups -OCH3 is 1. The van der Waals surface area contributed by atoms with Crippen LogP contribution >= 0.6 is 0 Å². The number of nitrogens with zero attached hydrogens (tertiary/aromatic N) is 5. The average molecular weight is 376 g/mol. The molecule has 0 radical (unpaired) electrons. The van der Waals surface area contributed by atoms with Gasteiger partial charge in [-0.15, -0.1) is 0 Å². The monoisotopic (exact) mass is 376 g/mol. The van der Waals surface area contributed by atoms with Gasteiger partial charge in [0.25, 0.3) is 0 Å². The van der Waals surface area contributed by atoms with Crippen LogP contribution in [0.1, 0.15) is 24.6 Å². The predicted octanol–water partition coefficient (Wildman–Crippen LogP) is -0.102. The van der Waals surface area contributed by atoms with E-state index < -0.39 is 5.54 Å². The minimum absolute atomic E-state index is 0.0651. The van der Waals surface area contributed by atoms with E-state index in [2.05, 4.69) is 20.6 Å². The number of likely N-dealkylation sites (tertiary alicyclic amines) is 1. The van der Waals surface area contributed by atoms with E-state index in [4.69, 9.17) is 9.26 Å². The normalized spacial score (nSPS) is 16.3. The molecule has 1 N–H and O–H groups in total. The van der Waals surface area contributed by atoms with Crippen LogP contribution in [0.5, 0.6) is 0 Å². The van der Waals surface area contributed by atoms with Crippen molar-refractivity contribution >= 4 is 11.8 Å². The number of carbonyl (C=O) groups excluding carboxylic acids is 2. The van der Waals surface area contributed by atoms with E-state index in [1.165, 1.54) is 0 Å². The molecule has 2 amide bonds. The van der Waals surface area contributed by atoms with Crippen LogP contribution < -0.4 is 5.32 Å². The highest BCUT2D eigenvalue weighted by Crippen LogP contribution is 2.30. The topological polar surface area (TPSA) is 115 Å². The van der Waals surface area contributed by atoms with Crippen LogP contribution in [-0.4, -0.2) is 70.0 Å². The summed E-state index contributed by atoms with van der Waals surface area (Å²) in [6, 6.07) is 1.79. The molecule has 0 bridgehead atoms. The van der Waals surface area contributed by atoms with E-state index in [0.29, 0.717) is 50.8 Å². The van der Waals surface area contributed by atoms with Gasteiger partial charge in [-0.2, -0.15) is 10.1 Å². The molecule has 27 heavy (non-hydrogen) atoms. The summed E-state index contributed by atoms with van der Waals surface area (Å²) in [5.41, 5.74) is -0.810. The van der Waals surface area contributed by atoms with Crippen molar-refractivity contribution < 1.29 is 18.8 Å². The van der Waals surface area contributed by atoms with Gasteiger partial charge in [0.15, 0.2) is 5.82 Å². The first-order chi connectivity index (χ1) is 13.0. The van der Waals surface area contributed by atoms with E-state index in [-0.39, 0.29) is 18.2 Å². The third kappa shape index (κ3) is 4.16. The molecule has 1 fully saturated rings. The molecule has 0 aromatic carbocycles. The van der Waals surface area contributed by atoms with E-state index >= 15 is 0 Å². The second-order valence-electron chi connectivity index (χ2n) is 6.52. The quantitative estimate of drug-likeness (QED) is 0.671. The number of hydrogen-bond donors (Lipinski definition) is 1. The van der Waals surface area contributed by atoms with Gasteiger partial charge in [0, 0.05) is 39.1 Å². The molecule has 3 heterocycles. The SMILES string of the molecule is COCCNC(=O)C1(n2cccn2)CCN(C(=O)Cc2nc(C)no2)CC1. The number of carbonyl (C=O) groups is 2. The first kappa shape index (κ1) is 19.0. The number of amides is 2. The van der Waals surface area contributed by atoms with Gasteiger partial charge in [0.2, 0.25) is 17.7 Å². The van der Waals surface area contributed by atoms with E-state index in [0.717, 1.165) is 0 Å². The zero-order valence-corrected chi connectivity index (χ0v) is 15.6. The lowest BCUT2D eigenvalue weighted by Gasteiger charge is -2.40. The first-order valence-corrected chi connectivity index (χ1v) is 8.89. The molecule has 146 valence electrons. The van der Waals surface area contributed by atoms with Crippen molar-refractivity contribution in [3.63, 3.8) is 0 Å². The van der Waals surface area contributed by atoms with Crippen molar-refractivity contribution in [3.8, 4) is 0 Å². The summed E-state index contributed by atoms with van der Waals surface area (Å²) < 4.78 is 11.7. The van der Waals surface area contributed by atoms with Gasteiger partial charge in [0.05, 0.1) is 6.61 Å². The Morgan fingerprint density at radius 3 is 2.74 bits per heavy atom. The van der Waals surface area contributed by atoms with Crippen LogP contribution in [0.4, 0.5) is 0 Å². The van der Waals surface area contributed by atoms with E-state index in [1.807, 2.05) is 0 Å². The van der Waals surface area contributed by atoms with Crippen molar-refractivity contribution in [1.29, 1.82) is 0 Å². The van der Waals surface area contributed by atoms with Gasteiger partial charge in [0.1, 0.15) is 12.0 Å². The number of piperidine rings is 1. The average Bonchev–Trinajstić information content (AvgIpc) is 3.34. The zero-order chi connectivity index (χ0) is 19.3. The molecule has 10 nitrogen and oxygen atoms in total. The fourth-order valence-electron chi connectivity index (χ4n) is 3.29. The molecule has 1 aliphatic rings. The molecule has 0 atom stereocenters. The molecule has 1 saturated heterocycles. The lowest BCUT2D eigenvalue weighted by Crippen LogP contribution is -2.56. The van der Waals surface area contributed by atoms with Gasteiger partial charge >= 0.3 is 0 Å². The second-order valence-corrected chi connectivity index (χ2v) is 6.52. The van der Waals surface area contributed by atoms with Gasteiger partial charge in [-0.1, -0.05) is 5.16 Å². The van der Waals surface area contributed by atoms with Crippen LogP contribution in [-0.2, 0) is 26.3 Å². The van der Waals surface area contributed by atoms with Crippen LogP contribution in [0.2, 0.25) is 0 Å². The van der Waals surface area contributed by atoms with Crippen LogP contribution in [0.3, 0.4) is 0 Å². The van der Waals surface area contributed by atoms with Gasteiger partial charge in [-0.05, 0) is 25.8 Å². The first-order valence-electron chi connectivity index (χ1n) is 8.89. The predicted molar refractivity (Wildman–Crippen MR) is 93.6 cm³/mol. The van der Waals surface area contributed by atoms with Gasteiger partial charge in [-0.25, -0.2) is 0 Å². The van der Waals surface area contributed by atoms with Crippen molar-refractivity contribution in [3.05, 3.63) is 30.2 Å². The standard InChI is InChI=1S/C17H24N6O4/c1-13-20-14(27-21-13)12-15(24)22-9-4-17(5-10-22,23-8-3-6-19-23)16(25)18-7-11-26-2/h3,6,8H,4-5,7,9-12H2,1-2H3,(H,18,25). The summed E-state index contributed by atoms with van der Waals surface area (Å²) in [5.74, 6) is 0.607. The molecule has 3 rings (SSSR count). The molecule has 2 aromatic rings. The third-order valence-electron chi connectivity index (χ3n) is 4.77. The largest absolute Gasteiger partial charge is 0.383 e. The van der Waals surface area contributed by atoms with Crippen LogP contribution in [0.25, 0.3) is 0 Å². The Morgan fingerprint density at radius 2 is 2.15 bits per heavy atom. The smallest absolute Gasteiger partial charge is 0.248 e. The third-order valence-corrected chi connectivity index (χ3v) is 4.77. The number of ether oxygens (including phenoxy) is 1. The lowest BCUT2D eigenvalue weighted by atomic mass is 9.86. The van der Waals surface area contributed by atoms with Gasteiger partial charge < -0.3 is 19.5 Å². The number of rotatable bonds is 7. The Labute approximate surface area is 156 Å². The minimum atomic E-state index is -0.810. The van der Waals surface area contributed by atoms with Crippen molar-refractivity contribution in [2.24, 2.45) is 0 Å². The van der Waals surface area contributed by atoms with Crippen molar-refractivity contribution in [1.82, 2.24) is 30.1 Å². The Morgan fingerprint density at radius 1 is 1.37 bits per heavy atom. The maximum Gasteiger partial charge on any atom is 0.248 e. The maximum absolute atomic E-state index is 12.9. The Kier molecular flexibility index (Phi) is 5.84. The summed E-state index contributed by atoms with van der Waals surface area (Å²) in [5, 5.41) is 10.9. The van der Waals surface area contributed by atoms with Crippen molar-refractivity contribution in [2.75, 3.05) is 33.4 Å². The molecule has 0 unspecified atom stereocenters. The highest BCUT2D eigenvalue weighted by atomic mass is 16.5. The Balaban J connectivity index is 1.66. The summed E-state index contributed by atoms with van der Waals surface area (Å²) in [6.07, 6.45) is 4.45. The maximum atomic E-state index is 12.9. The number of aryl methyl sites for hydroxylation is 1. The van der Waals surface area contributed by atoms with E-state index in [9.17, 15) is 9.59 Å². The fourth-order valence-corrected chi connectivity index (χ4v) is 3.29. The number of hydrogen-bond acceptors (Lipinski definition) is 7. The number of aromatic nitrogens is 4. The minimum Gasteiger partial charge on any atom is -0.383 e. The van der Waals surface area contributed by atoms with E-state index in [1.54, 1.807) is 42.1 Å². The van der Waals surface area contributed by atoms with Crippen molar-refractivity contribution in [2.45, 2.75) is 31.7 Å². The molecule has 2 aromatic heterocycles.